The maximum absolute atomic E-state index is 12.4. The quantitative estimate of drug-likeness (QED) is 0.743. The van der Waals surface area contributed by atoms with Crippen molar-refractivity contribution in [2.75, 3.05) is 0 Å². The second-order valence-electron chi connectivity index (χ2n) is 4.49. The normalized spacial score (nSPS) is 15.9. The Morgan fingerprint density at radius 1 is 1.32 bits per heavy atom. The predicted octanol–water partition coefficient (Wildman–Crippen LogP) is 3.42. The second-order valence-corrected chi connectivity index (χ2v) is 5.52. The average molecular weight is 268 g/mol. The van der Waals surface area contributed by atoms with Crippen LogP contribution >= 0.6 is 11.8 Å². The Morgan fingerprint density at radius 3 is 2.89 bits per heavy atom. The van der Waals surface area contributed by atoms with Crippen molar-refractivity contribution in [1.82, 2.24) is 9.97 Å². The summed E-state index contributed by atoms with van der Waals surface area (Å²) in [5.74, 6) is 0.0638. The molecule has 19 heavy (non-hydrogen) atoms. The van der Waals surface area contributed by atoms with Gasteiger partial charge in [0.25, 0.3) is 0 Å². The molecule has 0 unspecified atom stereocenters. The Morgan fingerprint density at radius 2 is 2.16 bits per heavy atom. The number of aryl methyl sites for hydroxylation is 2. The first-order valence-electron chi connectivity index (χ1n) is 5.97. The highest BCUT2D eigenvalue weighted by molar-refractivity contribution is 8.04. The minimum atomic E-state index is 0.0638. The van der Waals surface area contributed by atoms with E-state index in [1.165, 1.54) is 11.8 Å². The van der Waals surface area contributed by atoms with Gasteiger partial charge < -0.3 is 0 Å². The highest BCUT2D eigenvalue weighted by Gasteiger charge is 2.29. The van der Waals surface area contributed by atoms with Gasteiger partial charge in [0.1, 0.15) is 5.03 Å². The smallest absolute Gasteiger partial charge is 0.202 e. The van der Waals surface area contributed by atoms with Crippen LogP contribution in [-0.2, 0) is 0 Å². The summed E-state index contributed by atoms with van der Waals surface area (Å²) in [6, 6.07) is 5.74. The number of carbonyl (C=O) groups excluding carboxylic acids is 1. The minimum Gasteiger partial charge on any atom is -0.288 e. The predicted molar refractivity (Wildman–Crippen MR) is 76.1 cm³/mol. The van der Waals surface area contributed by atoms with Crippen LogP contribution in [0.15, 0.2) is 40.5 Å². The number of pyridine rings is 2. The van der Waals surface area contributed by atoms with Gasteiger partial charge in [-0.05, 0) is 43.2 Å². The zero-order valence-electron chi connectivity index (χ0n) is 10.7. The van der Waals surface area contributed by atoms with Crippen LogP contribution in [0.1, 0.15) is 27.2 Å². The van der Waals surface area contributed by atoms with Crippen molar-refractivity contribution in [3.8, 4) is 0 Å². The summed E-state index contributed by atoms with van der Waals surface area (Å²) in [6.07, 6.45) is 5.33. The van der Waals surface area contributed by atoms with Crippen molar-refractivity contribution in [2.45, 2.75) is 18.9 Å². The van der Waals surface area contributed by atoms with Gasteiger partial charge in [-0.3, -0.25) is 9.78 Å². The maximum atomic E-state index is 12.4. The molecule has 3 heterocycles. The number of Topliss-reactive ketones (excluding diaryl/α,β-unsaturated/α-hetero) is 1. The van der Waals surface area contributed by atoms with E-state index in [2.05, 4.69) is 9.97 Å². The summed E-state index contributed by atoms with van der Waals surface area (Å²) in [5, 5.41) is 0.817. The van der Waals surface area contributed by atoms with Crippen LogP contribution in [0.3, 0.4) is 0 Å². The maximum Gasteiger partial charge on any atom is 0.202 e. The van der Waals surface area contributed by atoms with E-state index in [0.29, 0.717) is 4.91 Å². The van der Waals surface area contributed by atoms with E-state index in [-0.39, 0.29) is 5.78 Å². The van der Waals surface area contributed by atoms with Crippen molar-refractivity contribution in [3.63, 3.8) is 0 Å². The van der Waals surface area contributed by atoms with E-state index >= 15 is 0 Å². The standard InChI is InChI=1S/C15H12N2OS/c1-9-6-10(2)17-15-13(9)14(18)12(19-15)7-11-4-3-5-16-8-11/h3-8H,1-2H3. The summed E-state index contributed by atoms with van der Waals surface area (Å²) in [5.41, 5.74) is 3.61. The molecule has 1 aliphatic rings. The molecule has 4 heteroatoms. The molecule has 0 saturated carbocycles. The molecule has 0 N–H and O–H groups in total. The number of hydrogen-bond acceptors (Lipinski definition) is 4. The molecule has 2 aromatic heterocycles. The van der Waals surface area contributed by atoms with Gasteiger partial charge in [0.15, 0.2) is 0 Å². The van der Waals surface area contributed by atoms with E-state index in [0.717, 1.165) is 27.4 Å². The third kappa shape index (κ3) is 2.19. The van der Waals surface area contributed by atoms with Gasteiger partial charge >= 0.3 is 0 Å². The number of allylic oxidation sites excluding steroid dienone is 1. The molecule has 94 valence electrons. The zero-order chi connectivity index (χ0) is 13.4. The van der Waals surface area contributed by atoms with Gasteiger partial charge in [-0.25, -0.2) is 4.98 Å². The first-order valence-corrected chi connectivity index (χ1v) is 6.79. The molecule has 0 aromatic carbocycles. The molecule has 0 atom stereocenters. The van der Waals surface area contributed by atoms with Gasteiger partial charge in [-0.2, -0.15) is 0 Å². The molecular weight excluding hydrogens is 256 g/mol. The number of thioether (sulfide) groups is 1. The lowest BCUT2D eigenvalue weighted by Gasteiger charge is -2.01. The Labute approximate surface area is 115 Å². The lowest BCUT2D eigenvalue weighted by atomic mass is 10.1. The van der Waals surface area contributed by atoms with Crippen LogP contribution in [0.25, 0.3) is 6.08 Å². The first kappa shape index (κ1) is 12.1. The number of aromatic nitrogens is 2. The van der Waals surface area contributed by atoms with E-state index in [4.69, 9.17) is 0 Å². The molecule has 0 saturated heterocycles. The molecule has 0 spiro atoms. The largest absolute Gasteiger partial charge is 0.288 e. The molecule has 1 aliphatic heterocycles. The van der Waals surface area contributed by atoms with Crippen molar-refractivity contribution < 1.29 is 4.79 Å². The van der Waals surface area contributed by atoms with Crippen molar-refractivity contribution in [3.05, 3.63) is 57.9 Å². The Balaban J connectivity index is 2.05. The van der Waals surface area contributed by atoms with E-state index in [1.54, 1.807) is 12.4 Å². The number of carbonyl (C=O) groups is 1. The molecule has 3 rings (SSSR count). The average Bonchev–Trinajstić information content (AvgIpc) is 2.67. The minimum absolute atomic E-state index is 0.0638. The molecule has 0 bridgehead atoms. The number of hydrogen-bond donors (Lipinski definition) is 0. The molecule has 0 amide bonds. The third-order valence-corrected chi connectivity index (χ3v) is 3.96. The van der Waals surface area contributed by atoms with Crippen molar-refractivity contribution in [2.24, 2.45) is 0 Å². The summed E-state index contributed by atoms with van der Waals surface area (Å²) in [6.45, 7) is 3.90. The molecule has 0 aliphatic carbocycles. The van der Waals surface area contributed by atoms with Crippen molar-refractivity contribution >= 4 is 23.6 Å². The first-order chi connectivity index (χ1) is 9.15. The summed E-state index contributed by atoms with van der Waals surface area (Å²) >= 11 is 1.44. The van der Waals surface area contributed by atoms with Crippen LogP contribution in [-0.4, -0.2) is 15.8 Å². The molecular formula is C15H12N2OS. The fourth-order valence-corrected chi connectivity index (χ4v) is 3.28. The van der Waals surface area contributed by atoms with Crippen LogP contribution in [0.4, 0.5) is 0 Å². The number of fused-ring (bicyclic) bond motifs is 1. The highest BCUT2D eigenvalue weighted by Crippen LogP contribution is 2.41. The second kappa shape index (κ2) is 4.63. The third-order valence-electron chi connectivity index (χ3n) is 2.95. The van der Waals surface area contributed by atoms with Gasteiger partial charge in [0.2, 0.25) is 5.78 Å². The summed E-state index contributed by atoms with van der Waals surface area (Å²) in [7, 11) is 0. The number of nitrogens with zero attached hydrogens (tertiary/aromatic N) is 2. The molecule has 2 aromatic rings. The monoisotopic (exact) mass is 268 g/mol. The topological polar surface area (TPSA) is 42.9 Å². The fourth-order valence-electron chi connectivity index (χ4n) is 2.13. The molecule has 0 fully saturated rings. The zero-order valence-corrected chi connectivity index (χ0v) is 11.5. The fraction of sp³-hybridized carbons (Fsp3) is 0.133. The molecule has 0 radical (unpaired) electrons. The van der Waals surface area contributed by atoms with Crippen LogP contribution in [0.5, 0.6) is 0 Å². The lowest BCUT2D eigenvalue weighted by molar-refractivity contribution is 0.104. The number of ketones is 1. The van der Waals surface area contributed by atoms with E-state index in [1.807, 2.05) is 38.1 Å². The SMILES string of the molecule is Cc1cc(C)c2c(n1)SC(=Cc1cccnc1)C2=O. The lowest BCUT2D eigenvalue weighted by Crippen LogP contribution is -1.99. The summed E-state index contributed by atoms with van der Waals surface area (Å²) in [4.78, 5) is 21.6. The Bertz CT molecular complexity index is 693. The van der Waals surface area contributed by atoms with Gasteiger partial charge in [-0.1, -0.05) is 17.8 Å². The van der Waals surface area contributed by atoms with Crippen LogP contribution in [0.2, 0.25) is 0 Å². The van der Waals surface area contributed by atoms with Crippen LogP contribution in [0, 0.1) is 13.8 Å². The van der Waals surface area contributed by atoms with Gasteiger partial charge in [0.05, 0.1) is 10.5 Å². The molecule has 3 nitrogen and oxygen atoms in total. The van der Waals surface area contributed by atoms with Gasteiger partial charge in [-0.15, -0.1) is 0 Å². The van der Waals surface area contributed by atoms with Crippen molar-refractivity contribution in [1.29, 1.82) is 0 Å². The number of rotatable bonds is 1. The van der Waals surface area contributed by atoms with E-state index < -0.39 is 0 Å². The van der Waals surface area contributed by atoms with Crippen LogP contribution < -0.4 is 0 Å². The van der Waals surface area contributed by atoms with Gasteiger partial charge in [0, 0.05) is 18.1 Å². The van der Waals surface area contributed by atoms with E-state index in [9.17, 15) is 4.79 Å². The Hall–Kier alpha value is -1.94. The summed E-state index contributed by atoms with van der Waals surface area (Å²) < 4.78 is 0. The Kier molecular flexibility index (Phi) is 2.95. The highest BCUT2D eigenvalue weighted by atomic mass is 32.2.